The van der Waals surface area contributed by atoms with Gasteiger partial charge in [-0.2, -0.15) is 0 Å². The minimum atomic E-state index is -0.408. The van der Waals surface area contributed by atoms with E-state index >= 15 is 0 Å². The first-order valence-corrected chi connectivity index (χ1v) is 5.21. The molecule has 0 unspecified atom stereocenters. The maximum absolute atomic E-state index is 13.9. The predicted molar refractivity (Wildman–Crippen MR) is 63.3 cm³/mol. The van der Waals surface area contributed by atoms with Crippen molar-refractivity contribution >= 4 is 11.0 Å². The van der Waals surface area contributed by atoms with Gasteiger partial charge in [-0.25, -0.2) is 4.39 Å². The number of phenols is 1. The van der Waals surface area contributed by atoms with Gasteiger partial charge in [0.2, 0.25) is 0 Å². The first kappa shape index (κ1) is 9.90. The first-order valence-electron chi connectivity index (χ1n) is 5.21. The molecule has 1 N–H and O–H groups in total. The summed E-state index contributed by atoms with van der Waals surface area (Å²) in [5.41, 5.74) is 1.35. The number of benzene rings is 2. The fourth-order valence-corrected chi connectivity index (χ4v) is 1.89. The van der Waals surface area contributed by atoms with Gasteiger partial charge in [-0.3, -0.25) is 0 Å². The fraction of sp³-hybridized carbons (Fsp3) is 0. The molecule has 0 amide bonds. The second-order valence-corrected chi connectivity index (χ2v) is 3.81. The molecule has 0 atom stereocenters. The van der Waals surface area contributed by atoms with E-state index in [1.165, 1.54) is 18.4 Å². The van der Waals surface area contributed by atoms with Gasteiger partial charge in [0.25, 0.3) is 0 Å². The lowest BCUT2D eigenvalue weighted by Gasteiger charge is -2.05. The van der Waals surface area contributed by atoms with Crippen LogP contribution in [0.4, 0.5) is 4.39 Å². The molecule has 2 aromatic carbocycles. The normalized spacial score (nSPS) is 10.9. The molecule has 0 spiro atoms. The van der Waals surface area contributed by atoms with Gasteiger partial charge in [0.05, 0.1) is 6.26 Å². The van der Waals surface area contributed by atoms with Gasteiger partial charge < -0.3 is 9.52 Å². The Bertz CT molecular complexity index is 686. The van der Waals surface area contributed by atoms with Crippen molar-refractivity contribution in [3.8, 4) is 16.9 Å². The van der Waals surface area contributed by atoms with E-state index in [1.807, 2.05) is 0 Å². The molecule has 17 heavy (non-hydrogen) atoms. The third-order valence-corrected chi connectivity index (χ3v) is 2.74. The zero-order chi connectivity index (χ0) is 11.8. The van der Waals surface area contributed by atoms with Crippen molar-refractivity contribution in [2.24, 2.45) is 0 Å². The number of para-hydroxylation sites is 1. The van der Waals surface area contributed by atoms with Crippen molar-refractivity contribution in [3.63, 3.8) is 0 Å². The van der Waals surface area contributed by atoms with E-state index in [1.54, 1.807) is 30.3 Å². The largest absolute Gasteiger partial charge is 0.507 e. The molecule has 0 saturated heterocycles. The Morgan fingerprint density at radius 3 is 2.65 bits per heavy atom. The lowest BCUT2D eigenvalue weighted by Crippen LogP contribution is -1.84. The van der Waals surface area contributed by atoms with E-state index in [0.717, 1.165) is 5.39 Å². The number of hydrogen-bond donors (Lipinski definition) is 1. The van der Waals surface area contributed by atoms with E-state index in [2.05, 4.69) is 0 Å². The molecular formula is C14H9FO2. The molecule has 0 aliphatic carbocycles. The highest BCUT2D eigenvalue weighted by atomic mass is 19.1. The molecule has 0 aliphatic heterocycles. The Balaban J connectivity index is 2.30. The maximum Gasteiger partial charge on any atom is 0.136 e. The van der Waals surface area contributed by atoms with Crippen LogP contribution >= 0.6 is 0 Å². The summed E-state index contributed by atoms with van der Waals surface area (Å²) in [6, 6.07) is 11.4. The Hall–Kier alpha value is -2.29. The topological polar surface area (TPSA) is 33.4 Å². The number of halogens is 1. The molecule has 3 rings (SSSR count). The van der Waals surface area contributed by atoms with Crippen molar-refractivity contribution in [2.45, 2.75) is 0 Å². The van der Waals surface area contributed by atoms with Crippen LogP contribution in [0.3, 0.4) is 0 Å². The van der Waals surface area contributed by atoms with Crippen LogP contribution in [0.5, 0.6) is 5.75 Å². The van der Waals surface area contributed by atoms with Gasteiger partial charge in [-0.05, 0) is 18.2 Å². The SMILES string of the molecule is Oc1ccccc1-c1cc2ccoc2cc1F. The summed E-state index contributed by atoms with van der Waals surface area (Å²) >= 11 is 0. The second kappa shape index (κ2) is 3.63. The zero-order valence-electron chi connectivity index (χ0n) is 8.85. The highest BCUT2D eigenvalue weighted by molar-refractivity contribution is 5.85. The van der Waals surface area contributed by atoms with Crippen molar-refractivity contribution in [2.75, 3.05) is 0 Å². The average Bonchev–Trinajstić information content (AvgIpc) is 2.76. The number of furan rings is 1. The smallest absolute Gasteiger partial charge is 0.136 e. The second-order valence-electron chi connectivity index (χ2n) is 3.81. The van der Waals surface area contributed by atoms with Crippen LogP contribution in [0.15, 0.2) is 53.1 Å². The minimum absolute atomic E-state index is 0.0641. The van der Waals surface area contributed by atoms with Gasteiger partial charge in [-0.1, -0.05) is 18.2 Å². The molecule has 0 aliphatic rings. The molecule has 0 radical (unpaired) electrons. The van der Waals surface area contributed by atoms with Crippen LogP contribution in [-0.4, -0.2) is 5.11 Å². The summed E-state index contributed by atoms with van der Waals surface area (Å²) in [7, 11) is 0. The van der Waals surface area contributed by atoms with E-state index < -0.39 is 5.82 Å². The average molecular weight is 228 g/mol. The Kier molecular flexibility index (Phi) is 2.11. The fourth-order valence-electron chi connectivity index (χ4n) is 1.89. The molecule has 3 aromatic rings. The van der Waals surface area contributed by atoms with E-state index in [-0.39, 0.29) is 5.75 Å². The number of fused-ring (bicyclic) bond motifs is 1. The molecule has 2 nitrogen and oxygen atoms in total. The molecule has 84 valence electrons. The summed E-state index contributed by atoms with van der Waals surface area (Å²) in [6.45, 7) is 0. The zero-order valence-corrected chi connectivity index (χ0v) is 8.85. The molecular weight excluding hydrogens is 219 g/mol. The number of aromatic hydroxyl groups is 1. The third kappa shape index (κ3) is 1.56. The van der Waals surface area contributed by atoms with Crippen LogP contribution in [0.25, 0.3) is 22.1 Å². The predicted octanol–water partition coefficient (Wildman–Crippen LogP) is 3.94. The van der Waals surface area contributed by atoms with Crippen LogP contribution in [0.2, 0.25) is 0 Å². The van der Waals surface area contributed by atoms with Crippen LogP contribution in [-0.2, 0) is 0 Å². The number of hydrogen-bond acceptors (Lipinski definition) is 2. The lowest BCUT2D eigenvalue weighted by molar-refractivity contribution is 0.476. The third-order valence-electron chi connectivity index (χ3n) is 2.74. The van der Waals surface area contributed by atoms with E-state index in [4.69, 9.17) is 4.42 Å². The first-order chi connectivity index (χ1) is 8.25. The van der Waals surface area contributed by atoms with Crippen LogP contribution in [0.1, 0.15) is 0 Å². The van der Waals surface area contributed by atoms with Gasteiger partial charge >= 0.3 is 0 Å². The highest BCUT2D eigenvalue weighted by Gasteiger charge is 2.11. The van der Waals surface area contributed by atoms with E-state index in [9.17, 15) is 9.50 Å². The summed E-state index contributed by atoms with van der Waals surface area (Å²) < 4.78 is 19.0. The van der Waals surface area contributed by atoms with Crippen molar-refractivity contribution < 1.29 is 13.9 Å². The minimum Gasteiger partial charge on any atom is -0.507 e. The highest BCUT2D eigenvalue weighted by Crippen LogP contribution is 2.33. The molecule has 1 heterocycles. The molecule has 3 heteroatoms. The Morgan fingerprint density at radius 1 is 1.00 bits per heavy atom. The number of rotatable bonds is 1. The number of phenolic OH excluding ortho intramolecular Hbond substituents is 1. The molecule has 1 aromatic heterocycles. The van der Waals surface area contributed by atoms with Crippen molar-refractivity contribution in [3.05, 3.63) is 54.5 Å². The van der Waals surface area contributed by atoms with Gasteiger partial charge in [0.15, 0.2) is 0 Å². The van der Waals surface area contributed by atoms with Crippen molar-refractivity contribution in [1.82, 2.24) is 0 Å². The van der Waals surface area contributed by atoms with E-state index in [0.29, 0.717) is 16.7 Å². The summed E-state index contributed by atoms with van der Waals surface area (Å²) in [5, 5.41) is 10.5. The monoisotopic (exact) mass is 228 g/mol. The van der Waals surface area contributed by atoms with Crippen LogP contribution < -0.4 is 0 Å². The lowest BCUT2D eigenvalue weighted by atomic mass is 10.0. The molecule has 0 fully saturated rings. The quantitative estimate of drug-likeness (QED) is 0.684. The standard InChI is InChI=1S/C14H9FO2/c15-12-8-14-9(5-6-17-14)7-11(12)10-3-1-2-4-13(10)16/h1-8,16H. The Labute approximate surface area is 96.9 Å². The summed E-state index contributed by atoms with van der Waals surface area (Å²) in [4.78, 5) is 0. The summed E-state index contributed by atoms with van der Waals surface area (Å²) in [5.74, 6) is -0.344. The van der Waals surface area contributed by atoms with Gasteiger partial charge in [0, 0.05) is 22.6 Å². The molecule has 0 saturated carbocycles. The molecule has 0 bridgehead atoms. The van der Waals surface area contributed by atoms with Gasteiger partial charge in [-0.15, -0.1) is 0 Å². The van der Waals surface area contributed by atoms with Crippen LogP contribution in [0, 0.1) is 5.82 Å². The van der Waals surface area contributed by atoms with Crippen molar-refractivity contribution in [1.29, 1.82) is 0 Å². The maximum atomic E-state index is 13.9. The summed E-state index contributed by atoms with van der Waals surface area (Å²) in [6.07, 6.45) is 1.51. The Morgan fingerprint density at radius 2 is 1.82 bits per heavy atom. The van der Waals surface area contributed by atoms with Gasteiger partial charge in [0.1, 0.15) is 17.1 Å².